The van der Waals surface area contributed by atoms with Crippen molar-refractivity contribution < 1.29 is 9.53 Å². The largest absolute Gasteiger partial charge is 0.497 e. The smallest absolute Gasteiger partial charge is 0.208 e. The Bertz CT molecular complexity index is 554. The first-order valence-electron chi connectivity index (χ1n) is 5.38. The molecule has 1 aromatic heterocycles. The topological polar surface area (TPSA) is 67.9 Å². The van der Waals surface area contributed by atoms with Crippen molar-refractivity contribution in [3.63, 3.8) is 0 Å². The summed E-state index contributed by atoms with van der Waals surface area (Å²) in [7, 11) is 1.58. The van der Waals surface area contributed by atoms with Gasteiger partial charge < -0.3 is 4.74 Å². The van der Waals surface area contributed by atoms with E-state index in [-0.39, 0.29) is 5.78 Å². The van der Waals surface area contributed by atoms with Crippen molar-refractivity contribution in [2.24, 2.45) is 0 Å². The third-order valence-electron chi connectivity index (χ3n) is 2.30. The van der Waals surface area contributed by atoms with Crippen molar-refractivity contribution in [1.29, 1.82) is 0 Å². The average molecular weight is 263 g/mol. The molecule has 94 valence electrons. The molecule has 0 fully saturated rings. The van der Waals surface area contributed by atoms with Gasteiger partial charge in [0, 0.05) is 5.56 Å². The Balaban J connectivity index is 1.99. The summed E-state index contributed by atoms with van der Waals surface area (Å²) in [6, 6.07) is 7.11. The third kappa shape index (κ3) is 3.10. The summed E-state index contributed by atoms with van der Waals surface area (Å²) in [5.74, 6) is 1.76. The Morgan fingerprint density at radius 1 is 1.50 bits per heavy atom. The van der Waals surface area contributed by atoms with E-state index in [4.69, 9.17) is 4.74 Å². The maximum absolute atomic E-state index is 12.0. The first-order chi connectivity index (χ1) is 8.69. The third-order valence-corrected chi connectivity index (χ3v) is 3.15. The number of aryl methyl sites for hydroxylation is 1. The molecule has 5 nitrogen and oxygen atoms in total. The fourth-order valence-electron chi connectivity index (χ4n) is 1.40. The molecule has 2 aromatic rings. The number of Topliss-reactive ketones (excluding diaryl/α,β-unsaturated/α-hetero) is 1. The number of aromatic amines is 1. The number of aromatic nitrogens is 3. The quantitative estimate of drug-likeness (QED) is 0.661. The zero-order chi connectivity index (χ0) is 13.0. The maximum atomic E-state index is 12.0. The Labute approximate surface area is 109 Å². The number of carbonyl (C=O) groups excluding carboxylic acids is 1. The number of hydrogen-bond acceptors (Lipinski definition) is 5. The molecular formula is C12H13N3O2S. The van der Waals surface area contributed by atoms with Gasteiger partial charge in [-0.3, -0.25) is 9.89 Å². The highest BCUT2D eigenvalue weighted by Gasteiger charge is 2.09. The Morgan fingerprint density at radius 2 is 2.33 bits per heavy atom. The lowest BCUT2D eigenvalue weighted by Crippen LogP contribution is -2.02. The van der Waals surface area contributed by atoms with Gasteiger partial charge in [0.05, 0.1) is 12.9 Å². The molecule has 1 heterocycles. The average Bonchev–Trinajstić information content (AvgIpc) is 2.82. The maximum Gasteiger partial charge on any atom is 0.208 e. The number of thioether (sulfide) groups is 1. The van der Waals surface area contributed by atoms with Crippen LogP contribution in [0.4, 0.5) is 0 Å². The summed E-state index contributed by atoms with van der Waals surface area (Å²) in [5.41, 5.74) is 0.633. The summed E-state index contributed by atoms with van der Waals surface area (Å²) < 4.78 is 5.08. The molecule has 18 heavy (non-hydrogen) atoms. The first kappa shape index (κ1) is 12.6. The minimum atomic E-state index is 0.0290. The van der Waals surface area contributed by atoms with Crippen molar-refractivity contribution in [2.45, 2.75) is 12.1 Å². The van der Waals surface area contributed by atoms with Crippen LogP contribution in [0.25, 0.3) is 0 Å². The number of hydrogen-bond donors (Lipinski definition) is 1. The van der Waals surface area contributed by atoms with E-state index in [0.29, 0.717) is 22.2 Å². The van der Waals surface area contributed by atoms with E-state index in [2.05, 4.69) is 15.2 Å². The molecule has 0 aliphatic rings. The molecule has 0 atom stereocenters. The summed E-state index contributed by atoms with van der Waals surface area (Å²) in [5, 5.41) is 7.29. The molecule has 0 amide bonds. The van der Waals surface area contributed by atoms with Gasteiger partial charge in [0.25, 0.3) is 0 Å². The second-order valence-corrected chi connectivity index (χ2v) is 4.59. The van der Waals surface area contributed by atoms with Crippen LogP contribution in [0.5, 0.6) is 5.75 Å². The molecule has 2 rings (SSSR count). The number of nitrogens with zero attached hydrogens (tertiary/aromatic N) is 2. The molecule has 1 aromatic carbocycles. The van der Waals surface area contributed by atoms with Crippen LogP contribution >= 0.6 is 11.8 Å². The fourth-order valence-corrected chi connectivity index (χ4v) is 2.14. The Morgan fingerprint density at radius 3 is 3.00 bits per heavy atom. The molecule has 6 heteroatoms. The number of methoxy groups -OCH3 is 1. The first-order valence-corrected chi connectivity index (χ1v) is 6.36. The van der Waals surface area contributed by atoms with Crippen LogP contribution in [0.15, 0.2) is 29.4 Å². The number of rotatable bonds is 5. The van der Waals surface area contributed by atoms with Crippen molar-refractivity contribution in [2.75, 3.05) is 12.9 Å². The molecule has 0 saturated carbocycles. The fraction of sp³-hybridized carbons (Fsp3) is 0.250. The predicted molar refractivity (Wildman–Crippen MR) is 69.2 cm³/mol. The molecular weight excluding hydrogens is 250 g/mol. The highest BCUT2D eigenvalue weighted by atomic mass is 32.2. The van der Waals surface area contributed by atoms with E-state index in [0.717, 1.165) is 5.82 Å². The van der Waals surface area contributed by atoms with Gasteiger partial charge in [0.15, 0.2) is 5.78 Å². The summed E-state index contributed by atoms with van der Waals surface area (Å²) in [6.07, 6.45) is 0. The van der Waals surface area contributed by atoms with E-state index in [1.165, 1.54) is 11.8 Å². The predicted octanol–water partition coefficient (Wildman–Crippen LogP) is 2.10. The van der Waals surface area contributed by atoms with Crippen LogP contribution < -0.4 is 4.74 Å². The molecule has 0 aliphatic heterocycles. The second kappa shape index (κ2) is 5.68. The molecule has 0 saturated heterocycles. The second-order valence-electron chi connectivity index (χ2n) is 3.65. The number of ketones is 1. The Kier molecular flexibility index (Phi) is 3.99. The van der Waals surface area contributed by atoms with Crippen LogP contribution in [-0.4, -0.2) is 33.8 Å². The SMILES string of the molecule is COc1cccc(C(=O)CSc2n[nH]c(C)n2)c1. The van der Waals surface area contributed by atoms with Crippen molar-refractivity contribution in [3.8, 4) is 5.75 Å². The number of carbonyl (C=O) groups is 1. The Hall–Kier alpha value is -1.82. The summed E-state index contributed by atoms with van der Waals surface area (Å²) in [4.78, 5) is 16.1. The summed E-state index contributed by atoms with van der Waals surface area (Å²) in [6.45, 7) is 1.82. The zero-order valence-corrected chi connectivity index (χ0v) is 11.0. The van der Waals surface area contributed by atoms with Crippen molar-refractivity contribution in [3.05, 3.63) is 35.7 Å². The number of ether oxygens (including phenoxy) is 1. The molecule has 0 bridgehead atoms. The van der Waals surface area contributed by atoms with Gasteiger partial charge in [-0.15, -0.1) is 5.10 Å². The highest BCUT2D eigenvalue weighted by molar-refractivity contribution is 7.99. The minimum absolute atomic E-state index is 0.0290. The number of H-pyrrole nitrogens is 1. The monoisotopic (exact) mass is 263 g/mol. The van der Waals surface area contributed by atoms with Gasteiger partial charge in [0.1, 0.15) is 11.6 Å². The van der Waals surface area contributed by atoms with E-state index in [1.807, 2.05) is 13.0 Å². The lowest BCUT2D eigenvalue weighted by Gasteiger charge is -2.02. The van der Waals surface area contributed by atoms with Crippen molar-refractivity contribution >= 4 is 17.5 Å². The molecule has 0 unspecified atom stereocenters. The van der Waals surface area contributed by atoms with Gasteiger partial charge in [0.2, 0.25) is 5.16 Å². The lowest BCUT2D eigenvalue weighted by atomic mass is 10.1. The van der Waals surface area contributed by atoms with E-state index in [1.54, 1.807) is 25.3 Å². The number of benzene rings is 1. The van der Waals surface area contributed by atoms with E-state index < -0.39 is 0 Å². The van der Waals surface area contributed by atoms with Gasteiger partial charge >= 0.3 is 0 Å². The molecule has 1 N–H and O–H groups in total. The minimum Gasteiger partial charge on any atom is -0.497 e. The standard InChI is InChI=1S/C12H13N3O2S/c1-8-13-12(15-14-8)18-7-11(16)9-4-3-5-10(6-9)17-2/h3-6H,7H2,1-2H3,(H,13,14,15). The van der Waals surface area contributed by atoms with Crippen molar-refractivity contribution in [1.82, 2.24) is 15.2 Å². The van der Waals surface area contributed by atoms with Gasteiger partial charge in [-0.1, -0.05) is 23.9 Å². The lowest BCUT2D eigenvalue weighted by molar-refractivity contribution is 0.102. The van der Waals surface area contributed by atoms with Gasteiger partial charge in [-0.25, -0.2) is 4.98 Å². The van der Waals surface area contributed by atoms with E-state index >= 15 is 0 Å². The summed E-state index contributed by atoms with van der Waals surface area (Å²) >= 11 is 1.31. The van der Waals surface area contributed by atoms with Crippen LogP contribution in [0.1, 0.15) is 16.2 Å². The van der Waals surface area contributed by atoms with E-state index in [9.17, 15) is 4.79 Å². The van der Waals surface area contributed by atoms with Crippen LogP contribution in [-0.2, 0) is 0 Å². The number of nitrogens with one attached hydrogen (secondary N) is 1. The van der Waals surface area contributed by atoms with Crippen LogP contribution in [0.2, 0.25) is 0 Å². The highest BCUT2D eigenvalue weighted by Crippen LogP contribution is 2.17. The normalized spacial score (nSPS) is 10.3. The molecule has 0 spiro atoms. The molecule has 0 aliphatic carbocycles. The molecule has 0 radical (unpaired) electrons. The van der Waals surface area contributed by atoms with Gasteiger partial charge in [-0.05, 0) is 19.1 Å². The van der Waals surface area contributed by atoms with Crippen LogP contribution in [0, 0.1) is 6.92 Å². The zero-order valence-electron chi connectivity index (χ0n) is 10.1. The van der Waals surface area contributed by atoms with Crippen LogP contribution in [0.3, 0.4) is 0 Å². The van der Waals surface area contributed by atoms with Gasteiger partial charge in [-0.2, -0.15) is 0 Å².